The van der Waals surface area contributed by atoms with Crippen LogP contribution in [0.4, 0.5) is 10.5 Å². The van der Waals surface area contributed by atoms with Gasteiger partial charge in [-0.15, -0.1) is 0 Å². The van der Waals surface area contributed by atoms with Crippen molar-refractivity contribution in [2.24, 2.45) is 23.7 Å². The lowest BCUT2D eigenvalue weighted by Crippen LogP contribution is -2.33. The first-order valence-electron chi connectivity index (χ1n) is 7.94. The average Bonchev–Trinajstić information content (AvgIpc) is 3.09. The van der Waals surface area contributed by atoms with Crippen molar-refractivity contribution in [1.82, 2.24) is 0 Å². The minimum atomic E-state index is -0.343. The van der Waals surface area contributed by atoms with Gasteiger partial charge in [0.1, 0.15) is 6.10 Å². The number of halogens is 1. The number of hydrogen-bond donors (Lipinski definition) is 1. The molecule has 3 aliphatic carbocycles. The van der Waals surface area contributed by atoms with Gasteiger partial charge < -0.3 is 4.74 Å². The van der Waals surface area contributed by atoms with Crippen LogP contribution in [-0.4, -0.2) is 12.2 Å². The van der Waals surface area contributed by atoms with Crippen molar-refractivity contribution in [3.63, 3.8) is 0 Å². The summed E-state index contributed by atoms with van der Waals surface area (Å²) in [5, 5.41) is 3.40. The van der Waals surface area contributed by atoms with Gasteiger partial charge in [-0.1, -0.05) is 24.1 Å². The Morgan fingerprint density at radius 3 is 2.90 bits per heavy atom. The summed E-state index contributed by atoms with van der Waals surface area (Å²) >= 11 is 5.92. The van der Waals surface area contributed by atoms with Crippen molar-refractivity contribution in [1.29, 1.82) is 0 Å². The molecule has 4 heteroatoms. The first kappa shape index (κ1) is 13.4. The fourth-order valence-corrected chi connectivity index (χ4v) is 5.18. The highest BCUT2D eigenvalue weighted by Gasteiger charge is 2.55. The van der Waals surface area contributed by atoms with Crippen LogP contribution >= 0.6 is 11.6 Å². The zero-order valence-corrected chi connectivity index (χ0v) is 12.7. The third-order valence-corrected chi connectivity index (χ3v) is 5.93. The number of anilines is 1. The third kappa shape index (κ3) is 2.42. The van der Waals surface area contributed by atoms with Crippen LogP contribution < -0.4 is 5.32 Å². The highest BCUT2D eigenvalue weighted by molar-refractivity contribution is 6.30. The SMILES string of the molecule is O=C(Nc1cccc(Cl)c1)O[C@@H]1C[C@H]2C[C@H]1[C@@H]1CCC[C@@H]21. The maximum atomic E-state index is 12.1. The summed E-state index contributed by atoms with van der Waals surface area (Å²) in [6.07, 6.45) is 6.20. The van der Waals surface area contributed by atoms with Crippen LogP contribution in [0.2, 0.25) is 5.02 Å². The Labute approximate surface area is 130 Å². The van der Waals surface area contributed by atoms with Gasteiger partial charge in [-0.2, -0.15) is 0 Å². The molecule has 0 aromatic heterocycles. The number of amides is 1. The molecule has 0 saturated heterocycles. The quantitative estimate of drug-likeness (QED) is 0.859. The smallest absolute Gasteiger partial charge is 0.411 e. The van der Waals surface area contributed by atoms with Crippen molar-refractivity contribution in [3.05, 3.63) is 29.3 Å². The number of nitrogens with one attached hydrogen (secondary N) is 1. The Morgan fingerprint density at radius 1 is 1.19 bits per heavy atom. The fraction of sp³-hybridized carbons (Fsp3) is 0.588. The number of fused-ring (bicyclic) bond motifs is 5. The topological polar surface area (TPSA) is 38.3 Å². The summed E-state index contributed by atoms with van der Waals surface area (Å²) < 4.78 is 5.70. The van der Waals surface area contributed by atoms with E-state index >= 15 is 0 Å². The van der Waals surface area contributed by atoms with Crippen LogP contribution in [0, 0.1) is 23.7 Å². The molecule has 1 aromatic carbocycles. The molecule has 0 spiro atoms. The van der Waals surface area contributed by atoms with E-state index < -0.39 is 0 Å². The maximum absolute atomic E-state index is 12.1. The number of ether oxygens (including phenoxy) is 1. The van der Waals surface area contributed by atoms with E-state index in [4.69, 9.17) is 16.3 Å². The van der Waals surface area contributed by atoms with Gasteiger partial charge in [-0.05, 0) is 67.6 Å². The summed E-state index contributed by atoms with van der Waals surface area (Å²) in [6, 6.07) is 7.16. The van der Waals surface area contributed by atoms with Crippen molar-refractivity contribution >= 4 is 23.4 Å². The normalized spacial score (nSPS) is 36.5. The zero-order chi connectivity index (χ0) is 14.4. The number of carbonyl (C=O) groups is 1. The van der Waals surface area contributed by atoms with Crippen LogP contribution in [0.1, 0.15) is 32.1 Å². The van der Waals surface area contributed by atoms with E-state index in [1.807, 2.05) is 12.1 Å². The van der Waals surface area contributed by atoms with Gasteiger partial charge in [0.05, 0.1) is 0 Å². The van der Waals surface area contributed by atoms with Gasteiger partial charge >= 0.3 is 6.09 Å². The summed E-state index contributed by atoms with van der Waals surface area (Å²) in [7, 11) is 0. The number of benzene rings is 1. The Kier molecular flexibility index (Phi) is 3.33. The molecule has 4 rings (SSSR count). The van der Waals surface area contributed by atoms with Crippen molar-refractivity contribution in [3.8, 4) is 0 Å². The van der Waals surface area contributed by atoms with Crippen LogP contribution in [0.5, 0.6) is 0 Å². The predicted molar refractivity (Wildman–Crippen MR) is 82.4 cm³/mol. The van der Waals surface area contributed by atoms with Crippen molar-refractivity contribution in [2.75, 3.05) is 5.32 Å². The molecule has 2 bridgehead atoms. The molecule has 5 atom stereocenters. The molecule has 1 N–H and O–H groups in total. The minimum absolute atomic E-state index is 0.119. The first-order chi connectivity index (χ1) is 10.2. The lowest BCUT2D eigenvalue weighted by molar-refractivity contribution is 0.0431. The highest BCUT2D eigenvalue weighted by Crippen LogP contribution is 2.59. The second-order valence-electron chi connectivity index (χ2n) is 6.73. The fourth-order valence-electron chi connectivity index (χ4n) is 4.99. The maximum Gasteiger partial charge on any atom is 0.411 e. The summed E-state index contributed by atoms with van der Waals surface area (Å²) in [4.78, 5) is 12.1. The van der Waals surface area contributed by atoms with E-state index in [2.05, 4.69) is 5.32 Å². The van der Waals surface area contributed by atoms with Gasteiger partial charge in [0, 0.05) is 10.7 Å². The first-order valence-corrected chi connectivity index (χ1v) is 8.32. The second-order valence-corrected chi connectivity index (χ2v) is 7.17. The van der Waals surface area contributed by atoms with E-state index in [9.17, 15) is 4.79 Å². The molecule has 0 radical (unpaired) electrons. The molecule has 3 saturated carbocycles. The minimum Gasteiger partial charge on any atom is -0.446 e. The molecule has 3 aliphatic rings. The van der Waals surface area contributed by atoms with E-state index in [1.165, 1.54) is 25.7 Å². The molecule has 1 aromatic rings. The lowest BCUT2D eigenvalue weighted by Gasteiger charge is -2.31. The standard InChI is InChI=1S/C17H20ClNO2/c18-11-3-1-4-12(9-11)19-17(20)21-16-8-10-7-15(16)14-6-2-5-13(10)14/h1,3-4,9-10,13-16H,2,5-8H2,(H,19,20)/t10-,13+,14-,15+,16-/m1/s1. The molecular formula is C17H20ClNO2. The van der Waals surface area contributed by atoms with E-state index in [0.29, 0.717) is 16.6 Å². The Bertz CT molecular complexity index is 561. The zero-order valence-electron chi connectivity index (χ0n) is 11.9. The molecule has 0 unspecified atom stereocenters. The van der Waals surface area contributed by atoms with Gasteiger partial charge in [0.15, 0.2) is 0 Å². The number of rotatable bonds is 2. The average molecular weight is 306 g/mol. The lowest BCUT2D eigenvalue weighted by atomic mass is 9.80. The number of hydrogen-bond acceptors (Lipinski definition) is 2. The van der Waals surface area contributed by atoms with Crippen LogP contribution in [0.15, 0.2) is 24.3 Å². The predicted octanol–water partition coefficient (Wildman–Crippen LogP) is 4.71. The molecular weight excluding hydrogens is 286 g/mol. The van der Waals surface area contributed by atoms with Crippen LogP contribution in [0.3, 0.4) is 0 Å². The molecule has 112 valence electrons. The second kappa shape index (κ2) is 5.20. The summed E-state index contributed by atoms with van der Waals surface area (Å²) in [5.74, 6) is 3.14. The van der Waals surface area contributed by atoms with Gasteiger partial charge in [0.2, 0.25) is 0 Å². The largest absolute Gasteiger partial charge is 0.446 e. The van der Waals surface area contributed by atoms with E-state index in [-0.39, 0.29) is 12.2 Å². The van der Waals surface area contributed by atoms with Crippen molar-refractivity contribution < 1.29 is 9.53 Å². The van der Waals surface area contributed by atoms with Gasteiger partial charge in [-0.25, -0.2) is 4.79 Å². The molecule has 0 heterocycles. The van der Waals surface area contributed by atoms with E-state index in [1.54, 1.807) is 12.1 Å². The molecule has 1 amide bonds. The highest BCUT2D eigenvalue weighted by atomic mass is 35.5. The van der Waals surface area contributed by atoms with Gasteiger partial charge in [0.25, 0.3) is 0 Å². The number of carbonyl (C=O) groups excluding carboxylic acids is 1. The van der Waals surface area contributed by atoms with Gasteiger partial charge in [-0.3, -0.25) is 5.32 Å². The Balaban J connectivity index is 1.37. The molecule has 3 nitrogen and oxygen atoms in total. The van der Waals surface area contributed by atoms with Crippen molar-refractivity contribution in [2.45, 2.75) is 38.2 Å². The molecule has 21 heavy (non-hydrogen) atoms. The molecule has 3 fully saturated rings. The summed E-state index contributed by atoms with van der Waals surface area (Å²) in [6.45, 7) is 0. The third-order valence-electron chi connectivity index (χ3n) is 5.70. The summed E-state index contributed by atoms with van der Waals surface area (Å²) in [5.41, 5.74) is 0.689. The van der Waals surface area contributed by atoms with Crippen LogP contribution in [0.25, 0.3) is 0 Å². The Hall–Kier alpha value is -1.22. The van der Waals surface area contributed by atoms with E-state index in [0.717, 1.165) is 24.2 Å². The Morgan fingerprint density at radius 2 is 2.05 bits per heavy atom. The molecule has 0 aliphatic heterocycles. The monoisotopic (exact) mass is 305 g/mol. The van der Waals surface area contributed by atoms with Crippen LogP contribution in [-0.2, 0) is 4.74 Å².